The zero-order valence-corrected chi connectivity index (χ0v) is 17.1. The summed E-state index contributed by atoms with van der Waals surface area (Å²) in [5.41, 5.74) is 2.68. The molecule has 0 aliphatic rings. The Hall–Kier alpha value is -4.11. The molecule has 0 bridgehead atoms. The van der Waals surface area contributed by atoms with Crippen molar-refractivity contribution >= 4 is 11.9 Å². The number of nitrogens with zero attached hydrogens (tertiary/aromatic N) is 1. The Morgan fingerprint density at radius 2 is 1.68 bits per heavy atom. The fourth-order valence-electron chi connectivity index (χ4n) is 3.01. The standard InChI is InChI=1S/C25H22N2O4/c1-30-25(29)23(27-24(28)21-12-10-18(16-26)11-13-21)15-20-8-5-9-22(14-20)31-17-19-6-3-2-4-7-19/h2-14,23H,15,17H2,1H3,(H,27,28)/t23-/m0/s1. The predicted molar refractivity (Wildman–Crippen MR) is 115 cm³/mol. The first kappa shape index (κ1) is 21.6. The Morgan fingerprint density at radius 3 is 2.35 bits per heavy atom. The van der Waals surface area contributed by atoms with Crippen LogP contribution in [0.3, 0.4) is 0 Å². The van der Waals surface area contributed by atoms with Crippen LogP contribution in [0.4, 0.5) is 0 Å². The molecule has 3 rings (SSSR count). The van der Waals surface area contributed by atoms with Gasteiger partial charge in [0.15, 0.2) is 0 Å². The molecule has 0 aliphatic heterocycles. The summed E-state index contributed by atoms with van der Waals surface area (Å²) in [7, 11) is 1.28. The summed E-state index contributed by atoms with van der Waals surface area (Å²) in [5, 5.41) is 11.6. The number of rotatable bonds is 8. The maximum absolute atomic E-state index is 12.6. The molecule has 1 N–H and O–H groups in total. The van der Waals surface area contributed by atoms with Gasteiger partial charge in [0.25, 0.3) is 5.91 Å². The van der Waals surface area contributed by atoms with Gasteiger partial charge in [0.05, 0.1) is 18.7 Å². The zero-order chi connectivity index (χ0) is 22.1. The zero-order valence-electron chi connectivity index (χ0n) is 17.1. The van der Waals surface area contributed by atoms with Crippen LogP contribution in [-0.2, 0) is 22.6 Å². The highest BCUT2D eigenvalue weighted by molar-refractivity contribution is 5.96. The second-order valence-corrected chi connectivity index (χ2v) is 6.86. The van der Waals surface area contributed by atoms with Gasteiger partial charge in [-0.1, -0.05) is 42.5 Å². The molecule has 0 saturated heterocycles. The van der Waals surface area contributed by atoms with Crippen LogP contribution in [-0.4, -0.2) is 25.0 Å². The van der Waals surface area contributed by atoms with E-state index in [4.69, 9.17) is 14.7 Å². The normalized spacial score (nSPS) is 11.1. The summed E-state index contributed by atoms with van der Waals surface area (Å²) in [6, 6.07) is 24.5. The molecule has 156 valence electrons. The van der Waals surface area contributed by atoms with Crippen molar-refractivity contribution in [2.75, 3.05) is 7.11 Å². The molecule has 1 amide bonds. The molecule has 6 nitrogen and oxygen atoms in total. The van der Waals surface area contributed by atoms with Crippen LogP contribution < -0.4 is 10.1 Å². The molecule has 0 spiro atoms. The van der Waals surface area contributed by atoms with Crippen LogP contribution in [0.1, 0.15) is 27.0 Å². The maximum Gasteiger partial charge on any atom is 0.328 e. The molecule has 31 heavy (non-hydrogen) atoms. The number of methoxy groups -OCH3 is 1. The molecular formula is C25H22N2O4. The van der Waals surface area contributed by atoms with E-state index in [1.165, 1.54) is 7.11 Å². The third kappa shape index (κ3) is 6.18. The quantitative estimate of drug-likeness (QED) is 0.569. The Kier molecular flexibility index (Phi) is 7.39. The first-order valence-electron chi connectivity index (χ1n) is 9.73. The summed E-state index contributed by atoms with van der Waals surface area (Å²) >= 11 is 0. The predicted octanol–water partition coefficient (Wildman–Crippen LogP) is 3.65. The second kappa shape index (κ2) is 10.6. The molecule has 1 atom stereocenters. The van der Waals surface area contributed by atoms with Gasteiger partial charge < -0.3 is 14.8 Å². The lowest BCUT2D eigenvalue weighted by atomic mass is 10.0. The Morgan fingerprint density at radius 1 is 0.968 bits per heavy atom. The van der Waals surface area contributed by atoms with Gasteiger partial charge in [0.1, 0.15) is 18.4 Å². The van der Waals surface area contributed by atoms with Crippen LogP contribution in [0, 0.1) is 11.3 Å². The number of ether oxygens (including phenoxy) is 2. The summed E-state index contributed by atoms with van der Waals surface area (Å²) in [6.45, 7) is 0.431. The van der Waals surface area contributed by atoms with Crippen molar-refractivity contribution in [2.24, 2.45) is 0 Å². The topological polar surface area (TPSA) is 88.4 Å². The smallest absolute Gasteiger partial charge is 0.328 e. The molecule has 0 saturated carbocycles. The Labute approximate surface area is 181 Å². The largest absolute Gasteiger partial charge is 0.489 e. The van der Waals surface area contributed by atoms with Crippen LogP contribution in [0.2, 0.25) is 0 Å². The molecule has 6 heteroatoms. The summed E-state index contributed by atoms with van der Waals surface area (Å²) < 4.78 is 10.7. The molecule has 3 aromatic rings. The highest BCUT2D eigenvalue weighted by Gasteiger charge is 2.23. The SMILES string of the molecule is COC(=O)[C@H](Cc1cccc(OCc2ccccc2)c1)NC(=O)c1ccc(C#N)cc1. The van der Waals surface area contributed by atoms with Gasteiger partial charge in [-0.05, 0) is 47.5 Å². The number of carbonyl (C=O) groups is 2. The number of carbonyl (C=O) groups excluding carboxylic acids is 2. The van der Waals surface area contributed by atoms with Gasteiger partial charge in [0.2, 0.25) is 0 Å². The monoisotopic (exact) mass is 414 g/mol. The van der Waals surface area contributed by atoms with Gasteiger partial charge in [0, 0.05) is 12.0 Å². The van der Waals surface area contributed by atoms with Gasteiger partial charge in [-0.15, -0.1) is 0 Å². The lowest BCUT2D eigenvalue weighted by molar-refractivity contribution is -0.142. The maximum atomic E-state index is 12.6. The summed E-state index contributed by atoms with van der Waals surface area (Å²) in [5.74, 6) is -0.294. The third-order valence-electron chi connectivity index (χ3n) is 4.65. The summed E-state index contributed by atoms with van der Waals surface area (Å²) in [6.07, 6.45) is 0.247. The van der Waals surface area contributed by atoms with Crippen LogP contribution >= 0.6 is 0 Å². The van der Waals surface area contributed by atoms with E-state index in [2.05, 4.69) is 5.32 Å². The van der Waals surface area contributed by atoms with Crippen molar-refractivity contribution < 1.29 is 19.1 Å². The number of amides is 1. The first-order valence-corrected chi connectivity index (χ1v) is 9.73. The highest BCUT2D eigenvalue weighted by atomic mass is 16.5. The summed E-state index contributed by atoms with van der Waals surface area (Å²) in [4.78, 5) is 24.8. The Bertz CT molecular complexity index is 1070. The van der Waals surface area contributed by atoms with E-state index >= 15 is 0 Å². The van der Waals surface area contributed by atoms with Gasteiger partial charge in [-0.2, -0.15) is 5.26 Å². The van der Waals surface area contributed by atoms with E-state index in [0.29, 0.717) is 23.5 Å². The lowest BCUT2D eigenvalue weighted by Gasteiger charge is -2.17. The Balaban J connectivity index is 1.68. The van der Waals surface area contributed by atoms with Crippen molar-refractivity contribution in [3.8, 4) is 11.8 Å². The van der Waals surface area contributed by atoms with Crippen molar-refractivity contribution in [1.82, 2.24) is 5.32 Å². The first-order chi connectivity index (χ1) is 15.1. The molecule has 0 radical (unpaired) electrons. The number of nitriles is 1. The minimum Gasteiger partial charge on any atom is -0.489 e. The molecule has 0 unspecified atom stereocenters. The minimum absolute atomic E-state index is 0.247. The van der Waals surface area contributed by atoms with Crippen LogP contribution in [0.5, 0.6) is 5.75 Å². The molecule has 0 fully saturated rings. The number of nitrogens with one attached hydrogen (secondary N) is 1. The fraction of sp³-hybridized carbons (Fsp3) is 0.160. The van der Waals surface area contributed by atoms with E-state index in [1.54, 1.807) is 24.3 Å². The highest BCUT2D eigenvalue weighted by Crippen LogP contribution is 2.17. The van der Waals surface area contributed by atoms with Crippen LogP contribution in [0.15, 0.2) is 78.9 Å². The number of benzene rings is 3. The minimum atomic E-state index is -0.863. The van der Waals surface area contributed by atoms with Crippen LogP contribution in [0.25, 0.3) is 0 Å². The van der Waals surface area contributed by atoms with Crippen molar-refractivity contribution in [1.29, 1.82) is 5.26 Å². The average molecular weight is 414 g/mol. The van der Waals surface area contributed by atoms with Crippen molar-refractivity contribution in [2.45, 2.75) is 19.1 Å². The second-order valence-electron chi connectivity index (χ2n) is 6.86. The third-order valence-corrected chi connectivity index (χ3v) is 4.65. The molecule has 0 aromatic heterocycles. The van der Waals surface area contributed by atoms with Crippen molar-refractivity contribution in [3.63, 3.8) is 0 Å². The number of hydrogen-bond acceptors (Lipinski definition) is 5. The van der Waals surface area contributed by atoms with E-state index in [1.807, 2.05) is 60.7 Å². The number of esters is 1. The van der Waals surface area contributed by atoms with Crippen molar-refractivity contribution in [3.05, 3.63) is 101 Å². The van der Waals surface area contributed by atoms with E-state index in [-0.39, 0.29) is 6.42 Å². The van der Waals surface area contributed by atoms with E-state index in [0.717, 1.165) is 11.1 Å². The lowest BCUT2D eigenvalue weighted by Crippen LogP contribution is -2.43. The van der Waals surface area contributed by atoms with Gasteiger partial charge >= 0.3 is 5.97 Å². The van der Waals surface area contributed by atoms with E-state index in [9.17, 15) is 9.59 Å². The van der Waals surface area contributed by atoms with Gasteiger partial charge in [-0.25, -0.2) is 4.79 Å². The number of hydrogen-bond donors (Lipinski definition) is 1. The van der Waals surface area contributed by atoms with E-state index < -0.39 is 17.9 Å². The fourth-order valence-corrected chi connectivity index (χ4v) is 3.01. The average Bonchev–Trinajstić information content (AvgIpc) is 2.82. The molecular weight excluding hydrogens is 392 g/mol. The molecule has 0 aliphatic carbocycles. The molecule has 0 heterocycles. The molecule has 3 aromatic carbocycles. The van der Waals surface area contributed by atoms with Gasteiger partial charge in [-0.3, -0.25) is 4.79 Å².